The molecule has 3 atom stereocenters. The Bertz CT molecular complexity index is 1020. The molecule has 0 aromatic heterocycles. The lowest BCUT2D eigenvalue weighted by Crippen LogP contribution is -2.74. The van der Waals surface area contributed by atoms with Gasteiger partial charge in [0.2, 0.25) is 5.50 Å². The molecule has 1 heterocycles. The number of hydrogen-bond donors (Lipinski definition) is 2. The van der Waals surface area contributed by atoms with E-state index in [4.69, 9.17) is 35.7 Å². The average molecular weight is 507 g/mol. The Morgan fingerprint density at radius 3 is 2.09 bits per heavy atom. The minimum absolute atomic E-state index is 0.193. The molecular formula is C23H23ClN2O9. The monoisotopic (exact) mass is 506 g/mol. The lowest BCUT2D eigenvalue weighted by Gasteiger charge is -2.47. The SMILES string of the molecule is O=C(COc1ccccc1)N[C@@H]1C(=O)N(C(Cl)C(=O)O)[C@@H]1OCCOC(=O)COc1ccccc1. The van der Waals surface area contributed by atoms with Gasteiger partial charge in [0, 0.05) is 0 Å². The molecular weight excluding hydrogens is 484 g/mol. The van der Waals surface area contributed by atoms with Crippen LogP contribution in [0.2, 0.25) is 0 Å². The summed E-state index contributed by atoms with van der Waals surface area (Å²) in [6.07, 6.45) is -1.18. The fourth-order valence-electron chi connectivity index (χ4n) is 3.06. The number of para-hydroxylation sites is 2. The van der Waals surface area contributed by atoms with Crippen LogP contribution in [0.25, 0.3) is 0 Å². The number of esters is 1. The third-order valence-corrected chi connectivity index (χ3v) is 5.09. The van der Waals surface area contributed by atoms with Crippen molar-refractivity contribution in [3.8, 4) is 11.5 Å². The predicted molar refractivity (Wildman–Crippen MR) is 121 cm³/mol. The van der Waals surface area contributed by atoms with Crippen molar-refractivity contribution >= 4 is 35.4 Å². The van der Waals surface area contributed by atoms with Crippen molar-refractivity contribution < 1.29 is 43.2 Å². The maximum Gasteiger partial charge on any atom is 0.344 e. The minimum Gasteiger partial charge on any atom is -0.484 e. The zero-order chi connectivity index (χ0) is 25.2. The van der Waals surface area contributed by atoms with E-state index in [1.165, 1.54) is 0 Å². The molecule has 0 spiro atoms. The number of rotatable bonds is 13. The molecule has 12 heteroatoms. The number of aliphatic carboxylic acids is 1. The van der Waals surface area contributed by atoms with Crippen molar-refractivity contribution in [3.63, 3.8) is 0 Å². The molecule has 0 radical (unpaired) electrons. The van der Waals surface area contributed by atoms with Crippen LogP contribution in [0.3, 0.4) is 0 Å². The number of carboxylic acid groups (broad SMARTS) is 1. The first kappa shape index (κ1) is 25.8. The molecule has 1 unspecified atom stereocenters. The number of alkyl halides is 1. The fraction of sp³-hybridized carbons (Fsp3) is 0.304. The maximum atomic E-state index is 12.4. The van der Waals surface area contributed by atoms with E-state index in [-0.39, 0.29) is 26.4 Å². The van der Waals surface area contributed by atoms with Crippen LogP contribution in [0.15, 0.2) is 60.7 Å². The lowest BCUT2D eigenvalue weighted by molar-refractivity contribution is -0.194. The number of β-lactam (4-membered cyclic amide) rings is 1. The van der Waals surface area contributed by atoms with Gasteiger partial charge >= 0.3 is 11.9 Å². The van der Waals surface area contributed by atoms with E-state index in [1.807, 2.05) is 0 Å². The number of amides is 2. The van der Waals surface area contributed by atoms with Crippen molar-refractivity contribution in [3.05, 3.63) is 60.7 Å². The van der Waals surface area contributed by atoms with Crippen LogP contribution < -0.4 is 14.8 Å². The van der Waals surface area contributed by atoms with Crippen LogP contribution in [-0.4, -0.2) is 78.0 Å². The van der Waals surface area contributed by atoms with Crippen LogP contribution in [0.4, 0.5) is 0 Å². The van der Waals surface area contributed by atoms with Gasteiger partial charge < -0.3 is 29.4 Å². The summed E-state index contributed by atoms with van der Waals surface area (Å²) in [7, 11) is 0. The van der Waals surface area contributed by atoms with E-state index in [0.29, 0.717) is 11.5 Å². The summed E-state index contributed by atoms with van der Waals surface area (Å²) in [6.45, 7) is -1.08. The molecule has 3 rings (SSSR count). The van der Waals surface area contributed by atoms with Gasteiger partial charge in [-0.1, -0.05) is 48.0 Å². The first-order chi connectivity index (χ1) is 16.9. The number of benzene rings is 2. The maximum absolute atomic E-state index is 12.4. The highest BCUT2D eigenvalue weighted by atomic mass is 35.5. The normalized spacial score (nSPS) is 17.6. The van der Waals surface area contributed by atoms with Gasteiger partial charge in [-0.25, -0.2) is 9.59 Å². The van der Waals surface area contributed by atoms with Crippen LogP contribution >= 0.6 is 11.6 Å². The summed E-state index contributed by atoms with van der Waals surface area (Å²) in [5.41, 5.74) is -1.71. The molecule has 2 aromatic rings. The molecule has 1 aliphatic heterocycles. The number of carbonyl (C=O) groups is 4. The molecule has 2 amide bonds. The Hall–Kier alpha value is -3.83. The van der Waals surface area contributed by atoms with E-state index < -0.39 is 41.5 Å². The third kappa shape index (κ3) is 7.33. The molecule has 11 nitrogen and oxygen atoms in total. The standard InChI is InChI=1S/C23H23ClN2O9/c24-20(23(30)31)26-21(29)19(25-17(27)13-34-15-7-3-1-4-8-15)22(26)33-12-11-32-18(28)14-35-16-9-5-2-6-10-16/h1-10,19-20,22H,11-14H2,(H,25,27)(H,30,31)/t19-,20?,22-/m1/s1. The molecule has 0 saturated carbocycles. The number of carboxylic acids is 1. The van der Waals surface area contributed by atoms with Gasteiger partial charge in [0.05, 0.1) is 6.61 Å². The number of hydrogen-bond acceptors (Lipinski definition) is 8. The number of likely N-dealkylation sites (tertiary alicyclic amines) is 1. The van der Waals surface area contributed by atoms with Crippen LogP contribution in [-0.2, 0) is 28.7 Å². The number of nitrogens with one attached hydrogen (secondary N) is 1. The summed E-state index contributed by atoms with van der Waals surface area (Å²) in [5.74, 6) is -2.51. The van der Waals surface area contributed by atoms with Gasteiger partial charge in [-0.2, -0.15) is 0 Å². The van der Waals surface area contributed by atoms with Crippen LogP contribution in [0.5, 0.6) is 11.5 Å². The van der Waals surface area contributed by atoms with Gasteiger partial charge in [-0.15, -0.1) is 0 Å². The molecule has 0 bridgehead atoms. The Kier molecular flexibility index (Phi) is 9.27. The number of ether oxygens (including phenoxy) is 4. The topological polar surface area (TPSA) is 141 Å². The lowest BCUT2D eigenvalue weighted by atomic mass is 10.0. The van der Waals surface area contributed by atoms with Gasteiger partial charge in [0.25, 0.3) is 11.8 Å². The Morgan fingerprint density at radius 1 is 0.943 bits per heavy atom. The van der Waals surface area contributed by atoms with Crippen LogP contribution in [0.1, 0.15) is 0 Å². The quantitative estimate of drug-likeness (QED) is 0.134. The molecule has 1 fully saturated rings. The van der Waals surface area contributed by atoms with E-state index in [0.717, 1.165) is 4.90 Å². The first-order valence-electron chi connectivity index (χ1n) is 10.5. The van der Waals surface area contributed by atoms with Crippen molar-refractivity contribution in [2.24, 2.45) is 0 Å². The fourth-order valence-corrected chi connectivity index (χ4v) is 3.27. The summed E-state index contributed by atoms with van der Waals surface area (Å²) in [4.78, 5) is 48.5. The van der Waals surface area contributed by atoms with Crippen LogP contribution in [0, 0.1) is 0 Å². The Morgan fingerprint density at radius 2 is 1.51 bits per heavy atom. The summed E-state index contributed by atoms with van der Waals surface area (Å²) in [6, 6.07) is 16.1. The number of nitrogens with zero attached hydrogens (tertiary/aromatic N) is 1. The summed E-state index contributed by atoms with van der Waals surface area (Å²) >= 11 is 5.80. The van der Waals surface area contributed by atoms with Gasteiger partial charge in [-0.3, -0.25) is 14.5 Å². The first-order valence-corrected chi connectivity index (χ1v) is 10.9. The second-order valence-electron chi connectivity index (χ2n) is 7.15. The second-order valence-corrected chi connectivity index (χ2v) is 7.56. The molecule has 2 N–H and O–H groups in total. The highest BCUT2D eigenvalue weighted by Crippen LogP contribution is 2.26. The smallest absolute Gasteiger partial charge is 0.344 e. The van der Waals surface area contributed by atoms with Gasteiger partial charge in [-0.05, 0) is 24.3 Å². The summed E-state index contributed by atoms with van der Waals surface area (Å²) in [5, 5.41) is 11.6. The van der Waals surface area contributed by atoms with E-state index >= 15 is 0 Å². The van der Waals surface area contributed by atoms with E-state index in [9.17, 15) is 19.2 Å². The Balaban J connectivity index is 1.47. The van der Waals surface area contributed by atoms with E-state index in [2.05, 4.69) is 5.32 Å². The van der Waals surface area contributed by atoms with Crippen molar-refractivity contribution in [1.29, 1.82) is 0 Å². The zero-order valence-corrected chi connectivity index (χ0v) is 19.1. The molecule has 2 aromatic carbocycles. The zero-order valence-electron chi connectivity index (χ0n) is 18.4. The predicted octanol–water partition coefficient (Wildman–Crippen LogP) is 1.01. The van der Waals surface area contributed by atoms with E-state index in [1.54, 1.807) is 60.7 Å². The highest BCUT2D eigenvalue weighted by molar-refractivity contribution is 6.30. The molecule has 1 aliphatic rings. The van der Waals surface area contributed by atoms with Crippen molar-refractivity contribution in [1.82, 2.24) is 10.2 Å². The third-order valence-electron chi connectivity index (χ3n) is 4.69. The minimum atomic E-state index is -1.71. The van der Waals surface area contributed by atoms with Crippen molar-refractivity contribution in [2.45, 2.75) is 17.8 Å². The average Bonchev–Trinajstić information content (AvgIpc) is 2.87. The highest BCUT2D eigenvalue weighted by Gasteiger charge is 2.53. The largest absolute Gasteiger partial charge is 0.484 e. The second kappa shape index (κ2) is 12.6. The summed E-state index contributed by atoms with van der Waals surface area (Å²) < 4.78 is 21.1. The molecule has 0 aliphatic carbocycles. The van der Waals surface area contributed by atoms with Gasteiger partial charge in [0.1, 0.15) is 18.1 Å². The number of halogens is 1. The molecule has 186 valence electrons. The molecule has 1 saturated heterocycles. The number of carbonyl (C=O) groups excluding carboxylic acids is 3. The molecule has 35 heavy (non-hydrogen) atoms. The van der Waals surface area contributed by atoms with Gasteiger partial charge in [0.15, 0.2) is 25.5 Å². The Labute approximate surface area is 205 Å². The van der Waals surface area contributed by atoms with Crippen molar-refractivity contribution in [2.75, 3.05) is 26.4 Å².